The van der Waals surface area contributed by atoms with Crippen LogP contribution in [-0.4, -0.2) is 34.7 Å². The summed E-state index contributed by atoms with van der Waals surface area (Å²) < 4.78 is 12.9. The molecule has 3 amide bonds. The number of aliphatic hydroxyl groups is 1. The number of benzene rings is 4. The molecule has 1 heterocycles. The van der Waals surface area contributed by atoms with Crippen molar-refractivity contribution in [2.24, 2.45) is 0 Å². The SMILES string of the molecule is CC(=O)Nc1ccc(SC[C@H]2C[C@@H](c3ccc(CO)cc3)O[C@@H](c3ccc(CNC(=O)CCCC(=O)Nc4ccccc4N)cc3)O2)cc1. The lowest BCUT2D eigenvalue weighted by atomic mass is 10.0. The van der Waals surface area contributed by atoms with Crippen LogP contribution in [0.5, 0.6) is 0 Å². The molecule has 6 N–H and O–H groups in total. The molecule has 0 unspecified atom stereocenters. The minimum absolute atomic E-state index is 0.0217. The third-order valence-electron chi connectivity index (χ3n) is 8.01. The lowest BCUT2D eigenvalue weighted by Gasteiger charge is -2.36. The number of hydrogen-bond acceptors (Lipinski definition) is 8. The van der Waals surface area contributed by atoms with E-state index in [0.29, 0.717) is 36.5 Å². The maximum absolute atomic E-state index is 12.5. The maximum atomic E-state index is 12.5. The minimum Gasteiger partial charge on any atom is -0.397 e. The van der Waals surface area contributed by atoms with Gasteiger partial charge in [0.05, 0.1) is 30.2 Å². The Bertz CT molecular complexity index is 1700. The number of amides is 3. The van der Waals surface area contributed by atoms with Crippen molar-refractivity contribution in [2.75, 3.05) is 22.1 Å². The molecular weight excluding hydrogens is 641 g/mol. The highest BCUT2D eigenvalue weighted by Gasteiger charge is 2.32. The molecule has 3 atom stereocenters. The number of aliphatic hydroxyl groups excluding tert-OH is 1. The molecule has 4 aromatic carbocycles. The second kappa shape index (κ2) is 17.6. The average Bonchev–Trinajstić information content (AvgIpc) is 3.11. The summed E-state index contributed by atoms with van der Waals surface area (Å²) in [6, 6.07) is 30.4. The van der Waals surface area contributed by atoms with Crippen LogP contribution in [0.25, 0.3) is 0 Å². The summed E-state index contributed by atoms with van der Waals surface area (Å²) in [5, 5.41) is 18.0. The highest BCUT2D eigenvalue weighted by Crippen LogP contribution is 2.39. The van der Waals surface area contributed by atoms with Crippen LogP contribution in [0.4, 0.5) is 17.1 Å². The van der Waals surface area contributed by atoms with Gasteiger partial charge in [0.2, 0.25) is 17.7 Å². The highest BCUT2D eigenvalue weighted by molar-refractivity contribution is 7.99. The van der Waals surface area contributed by atoms with E-state index >= 15 is 0 Å². The number of ether oxygens (including phenoxy) is 2. The Kier molecular flexibility index (Phi) is 12.8. The first-order valence-corrected chi connectivity index (χ1v) is 17.2. The maximum Gasteiger partial charge on any atom is 0.224 e. The Morgan fingerprint density at radius 3 is 2.18 bits per heavy atom. The van der Waals surface area contributed by atoms with Crippen molar-refractivity contribution in [2.45, 2.75) is 69.2 Å². The Labute approximate surface area is 290 Å². The molecule has 5 rings (SSSR count). The van der Waals surface area contributed by atoms with Gasteiger partial charge in [-0.25, -0.2) is 0 Å². The van der Waals surface area contributed by atoms with Gasteiger partial charge in [-0.3, -0.25) is 14.4 Å². The fraction of sp³-hybridized carbons (Fsp3) is 0.289. The van der Waals surface area contributed by atoms with Crippen molar-refractivity contribution in [3.63, 3.8) is 0 Å². The molecule has 0 saturated carbocycles. The van der Waals surface area contributed by atoms with Gasteiger partial charge in [0.25, 0.3) is 0 Å². The van der Waals surface area contributed by atoms with Gasteiger partial charge in [-0.05, 0) is 59.5 Å². The molecule has 256 valence electrons. The third kappa shape index (κ3) is 10.9. The van der Waals surface area contributed by atoms with E-state index in [1.54, 1.807) is 36.0 Å². The van der Waals surface area contributed by atoms with Crippen molar-refractivity contribution in [1.82, 2.24) is 5.32 Å². The van der Waals surface area contributed by atoms with Gasteiger partial charge in [-0.15, -0.1) is 11.8 Å². The summed E-state index contributed by atoms with van der Waals surface area (Å²) in [4.78, 5) is 37.1. The molecule has 1 saturated heterocycles. The van der Waals surface area contributed by atoms with Crippen LogP contribution in [0.1, 0.15) is 67.3 Å². The van der Waals surface area contributed by atoms with Gasteiger partial charge < -0.3 is 36.3 Å². The molecular formula is C38H42N4O6S. The summed E-state index contributed by atoms with van der Waals surface area (Å²) in [7, 11) is 0. The molecule has 0 aliphatic carbocycles. The molecule has 0 radical (unpaired) electrons. The van der Waals surface area contributed by atoms with Crippen molar-refractivity contribution in [3.05, 3.63) is 119 Å². The molecule has 1 fully saturated rings. The van der Waals surface area contributed by atoms with Crippen LogP contribution < -0.4 is 21.7 Å². The van der Waals surface area contributed by atoms with Gasteiger partial charge in [0.15, 0.2) is 6.29 Å². The smallest absolute Gasteiger partial charge is 0.224 e. The average molecular weight is 683 g/mol. The summed E-state index contributed by atoms with van der Waals surface area (Å²) in [5.74, 6) is 0.282. The number of para-hydroxylation sites is 2. The summed E-state index contributed by atoms with van der Waals surface area (Å²) >= 11 is 1.68. The zero-order chi connectivity index (χ0) is 34.6. The summed E-state index contributed by atoms with van der Waals surface area (Å²) in [6.45, 7) is 1.82. The van der Waals surface area contributed by atoms with Crippen LogP contribution in [-0.2, 0) is 37.0 Å². The van der Waals surface area contributed by atoms with E-state index in [0.717, 1.165) is 32.8 Å². The Hall–Kier alpha value is -4.68. The Morgan fingerprint density at radius 2 is 1.49 bits per heavy atom. The Morgan fingerprint density at radius 1 is 0.816 bits per heavy atom. The number of rotatable bonds is 14. The van der Waals surface area contributed by atoms with Crippen LogP contribution in [0, 0.1) is 0 Å². The number of thioether (sulfide) groups is 1. The van der Waals surface area contributed by atoms with Crippen molar-refractivity contribution < 1.29 is 29.0 Å². The number of nitrogens with two attached hydrogens (primary N) is 1. The van der Waals surface area contributed by atoms with Gasteiger partial charge in [-0.1, -0.05) is 60.7 Å². The van der Waals surface area contributed by atoms with E-state index in [2.05, 4.69) is 16.0 Å². The van der Waals surface area contributed by atoms with Gasteiger partial charge in [-0.2, -0.15) is 0 Å². The second-order valence-electron chi connectivity index (χ2n) is 11.9. The molecule has 10 nitrogen and oxygen atoms in total. The number of nitrogen functional groups attached to an aromatic ring is 1. The van der Waals surface area contributed by atoms with E-state index in [9.17, 15) is 19.5 Å². The van der Waals surface area contributed by atoms with Gasteiger partial charge in [0.1, 0.15) is 0 Å². The van der Waals surface area contributed by atoms with E-state index in [1.165, 1.54) is 6.92 Å². The molecule has 1 aliphatic rings. The fourth-order valence-electron chi connectivity index (χ4n) is 5.36. The molecule has 1 aliphatic heterocycles. The summed E-state index contributed by atoms with van der Waals surface area (Å²) in [6.07, 6.45) is 0.639. The number of carbonyl (C=O) groups excluding carboxylic acids is 3. The van der Waals surface area contributed by atoms with Crippen molar-refractivity contribution >= 4 is 46.5 Å². The first-order chi connectivity index (χ1) is 23.7. The topological polar surface area (TPSA) is 152 Å². The zero-order valence-electron chi connectivity index (χ0n) is 27.4. The molecule has 49 heavy (non-hydrogen) atoms. The first kappa shape index (κ1) is 35.6. The normalized spacial score (nSPS) is 17.2. The highest BCUT2D eigenvalue weighted by atomic mass is 32.2. The van der Waals surface area contributed by atoms with Gasteiger partial charge in [0, 0.05) is 54.6 Å². The largest absolute Gasteiger partial charge is 0.397 e. The minimum atomic E-state index is -0.593. The number of hydrogen-bond donors (Lipinski definition) is 5. The van der Waals surface area contributed by atoms with Gasteiger partial charge >= 0.3 is 0 Å². The number of nitrogens with one attached hydrogen (secondary N) is 3. The monoisotopic (exact) mass is 682 g/mol. The molecule has 11 heteroatoms. The number of anilines is 3. The van der Waals surface area contributed by atoms with Crippen LogP contribution in [0.3, 0.4) is 0 Å². The number of carbonyl (C=O) groups is 3. The lowest BCUT2D eigenvalue weighted by Crippen LogP contribution is -2.31. The fourth-order valence-corrected chi connectivity index (χ4v) is 6.29. The molecule has 4 aromatic rings. The van der Waals surface area contributed by atoms with Crippen LogP contribution >= 0.6 is 11.8 Å². The Balaban J connectivity index is 1.14. The van der Waals surface area contributed by atoms with Crippen LogP contribution in [0.2, 0.25) is 0 Å². The predicted octanol–water partition coefficient (Wildman–Crippen LogP) is 6.48. The molecule has 0 bridgehead atoms. The van der Waals surface area contributed by atoms with Crippen LogP contribution in [0.15, 0.2) is 102 Å². The standard InChI is InChI=1S/C38H42N4O6S/c1-25(44)41-30-17-19-32(20-18-30)49-24-31-21-35(28-13-11-27(23-43)12-14-28)48-38(47-31)29-15-9-26(10-16-29)22-40-36(45)7-4-8-37(46)42-34-6-3-2-5-33(34)39/h2-3,5-6,9-20,31,35,38,43H,4,7-8,21-24,39H2,1H3,(H,40,45)(H,41,44)(H,42,46)/t31-,35+,38+/m1/s1. The van der Waals surface area contributed by atoms with Crippen molar-refractivity contribution in [3.8, 4) is 0 Å². The summed E-state index contributed by atoms with van der Waals surface area (Å²) in [5.41, 5.74) is 11.3. The second-order valence-corrected chi connectivity index (χ2v) is 13.0. The molecule has 0 spiro atoms. The van der Waals surface area contributed by atoms with E-state index in [1.807, 2.05) is 72.8 Å². The van der Waals surface area contributed by atoms with Crippen molar-refractivity contribution in [1.29, 1.82) is 0 Å². The predicted molar refractivity (Wildman–Crippen MR) is 192 cm³/mol. The molecule has 0 aromatic heterocycles. The quantitative estimate of drug-likeness (QED) is 0.0749. The third-order valence-corrected chi connectivity index (χ3v) is 9.15. The van der Waals surface area contributed by atoms with E-state index in [4.69, 9.17) is 15.2 Å². The van der Waals surface area contributed by atoms with E-state index < -0.39 is 6.29 Å². The zero-order valence-corrected chi connectivity index (χ0v) is 28.2. The first-order valence-electron chi connectivity index (χ1n) is 16.3. The van der Waals surface area contributed by atoms with E-state index in [-0.39, 0.29) is 49.4 Å². The lowest BCUT2D eigenvalue weighted by molar-refractivity contribution is -0.245.